The third-order valence-electron chi connectivity index (χ3n) is 4.00. The minimum Gasteiger partial charge on any atom is -0.344 e. The first-order valence-corrected chi connectivity index (χ1v) is 9.27. The van der Waals surface area contributed by atoms with E-state index in [1.54, 1.807) is 6.92 Å². The highest BCUT2D eigenvalue weighted by Crippen LogP contribution is 2.19. The van der Waals surface area contributed by atoms with Crippen LogP contribution in [0.15, 0.2) is 42.5 Å². The van der Waals surface area contributed by atoms with Gasteiger partial charge in [0.1, 0.15) is 11.0 Å². The Kier molecular flexibility index (Phi) is 5.58. The summed E-state index contributed by atoms with van der Waals surface area (Å²) in [5.41, 5.74) is 0.935. The lowest BCUT2D eigenvalue weighted by Gasteiger charge is -2.13. The number of nitrogens with one attached hydrogen (secondary N) is 2. The first kappa shape index (κ1) is 18.0. The maximum absolute atomic E-state index is 12.4. The largest absolute Gasteiger partial charge is 0.344 e. The van der Waals surface area contributed by atoms with Crippen molar-refractivity contribution in [1.82, 2.24) is 15.5 Å². The van der Waals surface area contributed by atoms with Crippen LogP contribution >= 0.6 is 11.3 Å². The van der Waals surface area contributed by atoms with Crippen molar-refractivity contribution in [3.8, 4) is 0 Å². The molecule has 0 spiro atoms. The van der Waals surface area contributed by atoms with Gasteiger partial charge < -0.3 is 5.32 Å². The van der Waals surface area contributed by atoms with Crippen molar-refractivity contribution in [3.63, 3.8) is 0 Å². The second-order valence-corrected chi connectivity index (χ2v) is 7.01. The minimum atomic E-state index is -0.661. The standard InChI is InChI=1S/C19H20N4O2S/c1-3-17-22-23-19(26-17)21-18(25)12(2)20-16(24)11-14-9-6-8-13-7-4-5-10-15(13)14/h4-10,12H,3,11H2,1-2H3,(H,20,24)(H,21,23,25). The molecule has 0 aliphatic heterocycles. The van der Waals surface area contributed by atoms with Gasteiger partial charge in [-0.05, 0) is 29.7 Å². The first-order valence-electron chi connectivity index (χ1n) is 8.46. The highest BCUT2D eigenvalue weighted by Gasteiger charge is 2.18. The van der Waals surface area contributed by atoms with E-state index in [0.717, 1.165) is 27.8 Å². The van der Waals surface area contributed by atoms with Gasteiger partial charge in [0.05, 0.1) is 6.42 Å². The molecule has 0 saturated carbocycles. The molecule has 3 aromatic rings. The number of amides is 2. The normalized spacial score (nSPS) is 11.9. The number of aryl methyl sites for hydroxylation is 1. The van der Waals surface area contributed by atoms with Crippen molar-refractivity contribution in [2.24, 2.45) is 0 Å². The van der Waals surface area contributed by atoms with E-state index in [1.807, 2.05) is 49.4 Å². The molecule has 0 radical (unpaired) electrons. The van der Waals surface area contributed by atoms with Crippen molar-refractivity contribution >= 4 is 39.1 Å². The van der Waals surface area contributed by atoms with Crippen LogP contribution in [0.5, 0.6) is 0 Å². The molecule has 0 aliphatic rings. The second-order valence-electron chi connectivity index (χ2n) is 5.95. The molecular formula is C19H20N4O2S. The minimum absolute atomic E-state index is 0.199. The summed E-state index contributed by atoms with van der Waals surface area (Å²) in [6.07, 6.45) is 0.989. The van der Waals surface area contributed by atoms with Crippen molar-refractivity contribution in [2.45, 2.75) is 32.7 Å². The van der Waals surface area contributed by atoms with E-state index in [9.17, 15) is 9.59 Å². The van der Waals surface area contributed by atoms with E-state index in [-0.39, 0.29) is 18.2 Å². The summed E-state index contributed by atoms with van der Waals surface area (Å²) in [5.74, 6) is -0.509. The Morgan fingerprint density at radius 3 is 2.65 bits per heavy atom. The number of carbonyl (C=O) groups excluding carboxylic acids is 2. The summed E-state index contributed by atoms with van der Waals surface area (Å²) in [6.45, 7) is 3.63. The summed E-state index contributed by atoms with van der Waals surface area (Å²) in [5, 5.41) is 16.7. The van der Waals surface area contributed by atoms with Gasteiger partial charge in [-0.2, -0.15) is 0 Å². The zero-order valence-electron chi connectivity index (χ0n) is 14.7. The van der Waals surface area contributed by atoms with Crippen LogP contribution in [-0.2, 0) is 22.4 Å². The second kappa shape index (κ2) is 8.05. The third-order valence-corrected chi connectivity index (χ3v) is 4.98. The third kappa shape index (κ3) is 4.23. The monoisotopic (exact) mass is 368 g/mol. The van der Waals surface area contributed by atoms with E-state index >= 15 is 0 Å². The summed E-state index contributed by atoms with van der Waals surface area (Å²) in [4.78, 5) is 24.6. The van der Waals surface area contributed by atoms with E-state index in [0.29, 0.717) is 5.13 Å². The molecule has 26 heavy (non-hydrogen) atoms. The Hall–Kier alpha value is -2.80. The number of hydrogen-bond donors (Lipinski definition) is 2. The van der Waals surface area contributed by atoms with Gasteiger partial charge in [-0.25, -0.2) is 0 Å². The molecule has 2 N–H and O–H groups in total. The van der Waals surface area contributed by atoms with Gasteiger partial charge >= 0.3 is 0 Å². The van der Waals surface area contributed by atoms with Gasteiger partial charge in [-0.3, -0.25) is 14.9 Å². The fraction of sp³-hybridized carbons (Fsp3) is 0.263. The highest BCUT2D eigenvalue weighted by atomic mass is 32.1. The maximum atomic E-state index is 12.4. The number of fused-ring (bicyclic) bond motifs is 1. The Morgan fingerprint density at radius 2 is 1.88 bits per heavy atom. The Balaban J connectivity index is 1.60. The number of rotatable bonds is 6. The van der Waals surface area contributed by atoms with Gasteiger partial charge in [0.15, 0.2) is 0 Å². The van der Waals surface area contributed by atoms with Gasteiger partial charge in [0.2, 0.25) is 16.9 Å². The summed E-state index contributed by atoms with van der Waals surface area (Å²) in [6, 6.07) is 13.1. The lowest BCUT2D eigenvalue weighted by molar-refractivity contribution is -0.125. The van der Waals surface area contributed by atoms with Crippen molar-refractivity contribution in [1.29, 1.82) is 0 Å². The number of aromatic nitrogens is 2. The molecule has 0 saturated heterocycles. The van der Waals surface area contributed by atoms with Crippen LogP contribution in [0.1, 0.15) is 24.4 Å². The lowest BCUT2D eigenvalue weighted by Crippen LogP contribution is -2.42. The summed E-state index contributed by atoms with van der Waals surface area (Å²) < 4.78 is 0. The number of benzene rings is 2. The highest BCUT2D eigenvalue weighted by molar-refractivity contribution is 7.15. The SMILES string of the molecule is CCc1nnc(NC(=O)C(C)NC(=O)Cc2cccc3ccccc23)s1. The zero-order valence-corrected chi connectivity index (χ0v) is 15.5. The van der Waals surface area contributed by atoms with Crippen LogP contribution in [0.3, 0.4) is 0 Å². The fourth-order valence-corrected chi connectivity index (χ4v) is 3.32. The smallest absolute Gasteiger partial charge is 0.248 e. The van der Waals surface area contributed by atoms with E-state index in [4.69, 9.17) is 0 Å². The van der Waals surface area contributed by atoms with Crippen LogP contribution in [0.4, 0.5) is 5.13 Å². The molecule has 6 nitrogen and oxygen atoms in total. The molecule has 1 aromatic heterocycles. The maximum Gasteiger partial charge on any atom is 0.248 e. The Bertz CT molecular complexity index is 933. The number of carbonyl (C=O) groups is 2. The molecule has 1 heterocycles. The topological polar surface area (TPSA) is 84.0 Å². The van der Waals surface area contributed by atoms with Crippen LogP contribution in [0.25, 0.3) is 10.8 Å². The summed E-state index contributed by atoms with van der Waals surface area (Å²) >= 11 is 1.33. The molecular weight excluding hydrogens is 348 g/mol. The predicted molar refractivity (Wildman–Crippen MR) is 103 cm³/mol. The van der Waals surface area contributed by atoms with Gasteiger partial charge in [-0.15, -0.1) is 10.2 Å². The number of hydrogen-bond acceptors (Lipinski definition) is 5. The van der Waals surface area contributed by atoms with Crippen LogP contribution < -0.4 is 10.6 Å². The quantitative estimate of drug-likeness (QED) is 0.701. The average Bonchev–Trinajstić information content (AvgIpc) is 3.09. The average molecular weight is 368 g/mol. The first-order chi connectivity index (χ1) is 12.6. The molecule has 2 aromatic carbocycles. The molecule has 0 bridgehead atoms. The fourth-order valence-electron chi connectivity index (χ4n) is 2.64. The van der Waals surface area contributed by atoms with E-state index < -0.39 is 6.04 Å². The molecule has 3 rings (SSSR count). The molecule has 0 aliphatic carbocycles. The molecule has 1 atom stereocenters. The molecule has 1 unspecified atom stereocenters. The lowest BCUT2D eigenvalue weighted by atomic mass is 10.0. The van der Waals surface area contributed by atoms with Crippen molar-refractivity contribution < 1.29 is 9.59 Å². The van der Waals surface area contributed by atoms with Gasteiger partial charge in [-0.1, -0.05) is 60.7 Å². The van der Waals surface area contributed by atoms with Gasteiger partial charge in [0.25, 0.3) is 0 Å². The molecule has 0 fully saturated rings. The van der Waals surface area contributed by atoms with Crippen LogP contribution in [0, 0.1) is 0 Å². The molecule has 2 amide bonds. The number of anilines is 1. The van der Waals surface area contributed by atoms with Crippen LogP contribution in [-0.4, -0.2) is 28.1 Å². The van der Waals surface area contributed by atoms with Crippen molar-refractivity contribution in [2.75, 3.05) is 5.32 Å². The number of nitrogens with zero attached hydrogens (tertiary/aromatic N) is 2. The molecule has 134 valence electrons. The zero-order chi connectivity index (χ0) is 18.5. The van der Waals surface area contributed by atoms with Crippen molar-refractivity contribution in [3.05, 3.63) is 53.0 Å². The Labute approximate surface area is 155 Å². The Morgan fingerprint density at radius 1 is 1.12 bits per heavy atom. The summed E-state index contributed by atoms with van der Waals surface area (Å²) in [7, 11) is 0. The molecule has 7 heteroatoms. The van der Waals surface area contributed by atoms with Gasteiger partial charge in [0, 0.05) is 0 Å². The predicted octanol–water partition coefficient (Wildman–Crippen LogP) is 2.94. The van der Waals surface area contributed by atoms with E-state index in [2.05, 4.69) is 20.8 Å². The van der Waals surface area contributed by atoms with Crippen LogP contribution in [0.2, 0.25) is 0 Å². The van der Waals surface area contributed by atoms with E-state index in [1.165, 1.54) is 11.3 Å².